The summed E-state index contributed by atoms with van der Waals surface area (Å²) in [5, 5.41) is 11.7. The number of carbonyl (C=O) groups excluding carboxylic acids is 2. The molecule has 0 bridgehead atoms. The fourth-order valence-corrected chi connectivity index (χ4v) is 2.48. The van der Waals surface area contributed by atoms with Crippen molar-refractivity contribution in [1.82, 2.24) is 4.90 Å². The van der Waals surface area contributed by atoms with E-state index in [0.717, 1.165) is 6.42 Å². The van der Waals surface area contributed by atoms with Gasteiger partial charge in [0.25, 0.3) is 0 Å². The molecule has 1 aliphatic heterocycles. The van der Waals surface area contributed by atoms with Gasteiger partial charge in [-0.1, -0.05) is 12.1 Å². The SMILES string of the molecule is COC(=O)C1CCCN1CC(=O)Nc1ccccc1C#N. The van der Waals surface area contributed by atoms with Crippen LogP contribution in [0.25, 0.3) is 0 Å². The van der Waals surface area contributed by atoms with E-state index in [-0.39, 0.29) is 24.5 Å². The first-order valence-electron chi connectivity index (χ1n) is 6.76. The number of methoxy groups -OCH3 is 1. The molecule has 6 nitrogen and oxygen atoms in total. The number of hydrogen-bond donors (Lipinski definition) is 1. The van der Waals surface area contributed by atoms with Crippen LogP contribution in [0.3, 0.4) is 0 Å². The van der Waals surface area contributed by atoms with E-state index >= 15 is 0 Å². The number of nitriles is 1. The number of benzene rings is 1. The van der Waals surface area contributed by atoms with Gasteiger partial charge in [0.1, 0.15) is 12.1 Å². The Hall–Kier alpha value is -2.39. The standard InChI is InChI=1S/C15H17N3O3/c1-21-15(20)13-7-4-8-18(13)10-14(19)17-12-6-3-2-5-11(12)9-16/h2-3,5-6,13H,4,7-8,10H2,1H3,(H,17,19). The number of nitrogens with zero attached hydrogens (tertiary/aromatic N) is 2. The van der Waals surface area contributed by atoms with Crippen LogP contribution in [-0.4, -0.2) is 43.0 Å². The van der Waals surface area contributed by atoms with Crippen molar-refractivity contribution in [3.05, 3.63) is 29.8 Å². The number of amides is 1. The molecule has 2 rings (SSSR count). The summed E-state index contributed by atoms with van der Waals surface area (Å²) in [6, 6.07) is 8.49. The topological polar surface area (TPSA) is 82.4 Å². The van der Waals surface area contributed by atoms with E-state index < -0.39 is 0 Å². The molecule has 0 aliphatic carbocycles. The average Bonchev–Trinajstić information content (AvgIpc) is 2.95. The third kappa shape index (κ3) is 3.58. The van der Waals surface area contributed by atoms with Crippen molar-refractivity contribution in [3.8, 4) is 6.07 Å². The van der Waals surface area contributed by atoms with Gasteiger partial charge in [-0.3, -0.25) is 14.5 Å². The Bertz CT molecular complexity index is 580. The van der Waals surface area contributed by atoms with E-state index in [2.05, 4.69) is 5.32 Å². The van der Waals surface area contributed by atoms with Crippen molar-refractivity contribution in [3.63, 3.8) is 0 Å². The van der Waals surface area contributed by atoms with Crippen molar-refractivity contribution >= 4 is 17.6 Å². The molecular weight excluding hydrogens is 270 g/mol. The minimum absolute atomic E-state index is 0.111. The molecule has 1 aliphatic rings. The molecule has 1 aromatic carbocycles. The molecule has 1 fully saturated rings. The number of hydrogen-bond acceptors (Lipinski definition) is 5. The van der Waals surface area contributed by atoms with Gasteiger partial charge in [-0.15, -0.1) is 0 Å². The largest absolute Gasteiger partial charge is 0.468 e. The lowest BCUT2D eigenvalue weighted by Gasteiger charge is -2.21. The average molecular weight is 287 g/mol. The van der Waals surface area contributed by atoms with Crippen LogP contribution in [0.5, 0.6) is 0 Å². The van der Waals surface area contributed by atoms with Gasteiger partial charge in [0.2, 0.25) is 5.91 Å². The number of anilines is 1. The highest BCUT2D eigenvalue weighted by molar-refractivity contribution is 5.94. The van der Waals surface area contributed by atoms with Gasteiger partial charge < -0.3 is 10.1 Å². The van der Waals surface area contributed by atoms with E-state index in [9.17, 15) is 9.59 Å². The Labute approximate surface area is 123 Å². The molecule has 1 unspecified atom stereocenters. The first kappa shape index (κ1) is 15.0. The second-order valence-corrected chi connectivity index (χ2v) is 4.86. The second-order valence-electron chi connectivity index (χ2n) is 4.86. The van der Waals surface area contributed by atoms with Gasteiger partial charge >= 0.3 is 5.97 Å². The molecule has 1 N–H and O–H groups in total. The lowest BCUT2D eigenvalue weighted by Crippen LogP contribution is -2.41. The number of esters is 1. The summed E-state index contributed by atoms with van der Waals surface area (Å²) in [5.74, 6) is -0.550. The zero-order valence-electron chi connectivity index (χ0n) is 11.8. The van der Waals surface area contributed by atoms with Crippen molar-refractivity contribution in [2.75, 3.05) is 25.5 Å². The zero-order chi connectivity index (χ0) is 15.2. The smallest absolute Gasteiger partial charge is 0.323 e. The number of nitrogens with one attached hydrogen (secondary N) is 1. The van der Waals surface area contributed by atoms with E-state index in [1.165, 1.54) is 7.11 Å². The van der Waals surface area contributed by atoms with E-state index in [4.69, 9.17) is 10.00 Å². The lowest BCUT2D eigenvalue weighted by atomic mass is 10.2. The summed E-state index contributed by atoms with van der Waals surface area (Å²) in [6.07, 6.45) is 1.57. The number of ether oxygens (including phenoxy) is 1. The summed E-state index contributed by atoms with van der Waals surface area (Å²) >= 11 is 0. The highest BCUT2D eigenvalue weighted by atomic mass is 16.5. The van der Waals surface area contributed by atoms with E-state index in [0.29, 0.717) is 24.2 Å². The summed E-state index contributed by atoms with van der Waals surface area (Å²) in [7, 11) is 1.35. The summed E-state index contributed by atoms with van der Waals surface area (Å²) in [5.41, 5.74) is 0.899. The third-order valence-electron chi connectivity index (χ3n) is 3.51. The number of para-hydroxylation sites is 1. The molecule has 1 heterocycles. The fourth-order valence-electron chi connectivity index (χ4n) is 2.48. The van der Waals surface area contributed by atoms with Crippen LogP contribution in [0.4, 0.5) is 5.69 Å². The maximum atomic E-state index is 12.1. The van der Waals surface area contributed by atoms with Crippen LogP contribution in [-0.2, 0) is 14.3 Å². The van der Waals surface area contributed by atoms with Crippen molar-refractivity contribution < 1.29 is 14.3 Å². The number of carbonyl (C=O) groups is 2. The van der Waals surface area contributed by atoms with Gasteiger partial charge in [-0.05, 0) is 31.5 Å². The fraction of sp³-hybridized carbons (Fsp3) is 0.400. The van der Waals surface area contributed by atoms with Crippen LogP contribution in [0.15, 0.2) is 24.3 Å². The quantitative estimate of drug-likeness (QED) is 0.840. The van der Waals surface area contributed by atoms with Crippen LogP contribution < -0.4 is 5.32 Å². The molecule has 0 aromatic heterocycles. The zero-order valence-corrected chi connectivity index (χ0v) is 11.8. The summed E-state index contributed by atoms with van der Waals surface area (Å²) in [4.78, 5) is 25.5. The van der Waals surface area contributed by atoms with E-state index in [1.807, 2.05) is 6.07 Å². The Morgan fingerprint density at radius 1 is 1.48 bits per heavy atom. The molecule has 0 saturated carbocycles. The predicted octanol–water partition coefficient (Wildman–Crippen LogP) is 1.13. The first-order chi connectivity index (χ1) is 10.2. The Kier molecular flexibility index (Phi) is 4.90. The molecule has 0 radical (unpaired) electrons. The van der Waals surface area contributed by atoms with Crippen LogP contribution in [0.1, 0.15) is 18.4 Å². The predicted molar refractivity (Wildman–Crippen MR) is 76.4 cm³/mol. The van der Waals surface area contributed by atoms with Crippen LogP contribution >= 0.6 is 0 Å². The van der Waals surface area contributed by atoms with Crippen molar-refractivity contribution in [2.24, 2.45) is 0 Å². The molecule has 1 atom stereocenters. The maximum absolute atomic E-state index is 12.1. The van der Waals surface area contributed by atoms with Gasteiger partial charge in [-0.25, -0.2) is 0 Å². The van der Waals surface area contributed by atoms with Gasteiger partial charge in [0, 0.05) is 0 Å². The molecule has 1 aromatic rings. The monoisotopic (exact) mass is 287 g/mol. The molecule has 21 heavy (non-hydrogen) atoms. The maximum Gasteiger partial charge on any atom is 0.323 e. The molecule has 6 heteroatoms. The van der Waals surface area contributed by atoms with E-state index in [1.54, 1.807) is 29.2 Å². The lowest BCUT2D eigenvalue weighted by molar-refractivity contribution is -0.146. The molecular formula is C15H17N3O3. The first-order valence-corrected chi connectivity index (χ1v) is 6.76. The Morgan fingerprint density at radius 2 is 2.24 bits per heavy atom. The molecule has 1 saturated heterocycles. The molecule has 110 valence electrons. The van der Waals surface area contributed by atoms with Crippen LogP contribution in [0.2, 0.25) is 0 Å². The van der Waals surface area contributed by atoms with Gasteiger partial charge in [0.05, 0.1) is 24.9 Å². The second kappa shape index (κ2) is 6.86. The van der Waals surface area contributed by atoms with Crippen molar-refractivity contribution in [2.45, 2.75) is 18.9 Å². The molecule has 1 amide bonds. The minimum Gasteiger partial charge on any atom is -0.468 e. The Balaban J connectivity index is 1.99. The normalized spacial score (nSPS) is 18.0. The van der Waals surface area contributed by atoms with Crippen LogP contribution in [0, 0.1) is 11.3 Å². The number of rotatable bonds is 4. The highest BCUT2D eigenvalue weighted by Crippen LogP contribution is 2.19. The Morgan fingerprint density at radius 3 is 2.95 bits per heavy atom. The highest BCUT2D eigenvalue weighted by Gasteiger charge is 2.32. The summed E-state index contributed by atoms with van der Waals surface area (Å²) in [6.45, 7) is 0.798. The van der Waals surface area contributed by atoms with Crippen molar-refractivity contribution in [1.29, 1.82) is 5.26 Å². The minimum atomic E-state index is -0.355. The number of likely N-dealkylation sites (tertiary alicyclic amines) is 1. The third-order valence-corrected chi connectivity index (χ3v) is 3.51. The molecule has 0 spiro atoms. The summed E-state index contributed by atoms with van der Waals surface area (Å²) < 4.78 is 4.75. The van der Waals surface area contributed by atoms with Gasteiger partial charge in [0.15, 0.2) is 0 Å². The van der Waals surface area contributed by atoms with Gasteiger partial charge in [-0.2, -0.15) is 5.26 Å².